The zero-order valence-electron chi connectivity index (χ0n) is 24.2. The molecule has 2 N–H and O–H groups in total. The number of carbonyl (C=O) groups excluding carboxylic acids is 1. The molecule has 1 fully saturated rings. The van der Waals surface area contributed by atoms with Crippen LogP contribution in [0.25, 0.3) is 11.1 Å². The number of rotatable bonds is 13. The van der Waals surface area contributed by atoms with Gasteiger partial charge in [0.15, 0.2) is 9.84 Å². The Hall–Kier alpha value is -3.18. The van der Waals surface area contributed by atoms with Crippen molar-refractivity contribution in [3.8, 4) is 11.1 Å². The minimum absolute atomic E-state index is 0.0869. The first kappa shape index (κ1) is 31.7. The van der Waals surface area contributed by atoms with Crippen LogP contribution in [0, 0.1) is 6.92 Å². The van der Waals surface area contributed by atoms with Crippen LogP contribution in [-0.4, -0.2) is 79.9 Å². The van der Waals surface area contributed by atoms with Crippen LogP contribution in [0.3, 0.4) is 0 Å². The Morgan fingerprint density at radius 2 is 1.79 bits per heavy atom. The number of likely N-dealkylation sites (tertiary alicyclic amines) is 1. The van der Waals surface area contributed by atoms with Gasteiger partial charge in [0.05, 0.1) is 16.8 Å². The number of hydrogen-bond donors (Lipinski definition) is 2. The van der Waals surface area contributed by atoms with E-state index in [1.165, 1.54) is 11.8 Å². The molecule has 1 aliphatic rings. The minimum Gasteiger partial charge on any atom is -0.480 e. The van der Waals surface area contributed by atoms with E-state index >= 15 is 0 Å². The molecule has 0 bridgehead atoms. The first-order chi connectivity index (χ1) is 20.1. The summed E-state index contributed by atoms with van der Waals surface area (Å²) in [5, 5.41) is 11.8. The second kappa shape index (κ2) is 14.3. The number of amides is 1. The number of nitrogens with zero attached hydrogens (tertiary/aromatic N) is 1. The summed E-state index contributed by atoms with van der Waals surface area (Å²) in [6.45, 7) is 3.21. The molecule has 1 heterocycles. The summed E-state index contributed by atoms with van der Waals surface area (Å²) in [6.07, 6.45) is 2.68. The van der Waals surface area contributed by atoms with Gasteiger partial charge in [0, 0.05) is 31.8 Å². The Morgan fingerprint density at radius 3 is 2.45 bits per heavy atom. The van der Waals surface area contributed by atoms with E-state index in [1.807, 2.05) is 49.6 Å². The highest BCUT2D eigenvalue weighted by Gasteiger charge is 2.40. The van der Waals surface area contributed by atoms with Crippen molar-refractivity contribution in [1.82, 2.24) is 10.2 Å². The number of nitrogens with one attached hydrogen (secondary N) is 1. The van der Waals surface area contributed by atoms with Crippen LogP contribution in [0.2, 0.25) is 0 Å². The molecule has 0 radical (unpaired) electrons. The molecule has 1 amide bonds. The number of hydrogen-bond acceptors (Lipinski definition) is 7. The van der Waals surface area contributed by atoms with E-state index in [4.69, 9.17) is 4.74 Å². The lowest BCUT2D eigenvalue weighted by molar-refractivity contribution is -0.139. The summed E-state index contributed by atoms with van der Waals surface area (Å²) >= 11 is 1.53. The number of ether oxygens (including phenoxy) is 1. The molecule has 3 atom stereocenters. The van der Waals surface area contributed by atoms with Crippen molar-refractivity contribution < 1.29 is 27.9 Å². The Labute approximate surface area is 252 Å². The van der Waals surface area contributed by atoms with Crippen molar-refractivity contribution >= 4 is 33.5 Å². The minimum atomic E-state index is -3.51. The summed E-state index contributed by atoms with van der Waals surface area (Å²) in [5.74, 6) is -0.897. The first-order valence-electron chi connectivity index (χ1n) is 13.9. The maximum absolute atomic E-state index is 13.4. The van der Waals surface area contributed by atoms with Gasteiger partial charge in [-0.1, -0.05) is 48.5 Å². The average molecular weight is 611 g/mol. The number of aliphatic carboxylic acids is 1. The maximum atomic E-state index is 13.4. The molecular weight excluding hydrogens is 572 g/mol. The van der Waals surface area contributed by atoms with Crippen LogP contribution < -0.4 is 5.32 Å². The third kappa shape index (κ3) is 7.42. The molecule has 0 aromatic heterocycles. The molecule has 0 aliphatic carbocycles. The third-order valence-electron chi connectivity index (χ3n) is 7.72. The zero-order chi connectivity index (χ0) is 30.3. The molecule has 42 heavy (non-hydrogen) atoms. The lowest BCUT2D eigenvalue weighted by Crippen LogP contribution is -2.41. The first-order valence-corrected chi connectivity index (χ1v) is 16.8. The Bertz CT molecular complexity index is 1500. The molecule has 3 aromatic carbocycles. The number of methoxy groups -OCH3 is 1. The van der Waals surface area contributed by atoms with Crippen molar-refractivity contribution in [3.63, 3.8) is 0 Å². The molecule has 8 nitrogen and oxygen atoms in total. The predicted octanol–water partition coefficient (Wildman–Crippen LogP) is 4.66. The maximum Gasteiger partial charge on any atom is 0.326 e. The van der Waals surface area contributed by atoms with Crippen molar-refractivity contribution in [1.29, 1.82) is 0 Å². The molecule has 4 rings (SSSR count). The average Bonchev–Trinajstić information content (AvgIpc) is 3.38. The molecule has 224 valence electrons. The molecule has 3 aromatic rings. The second-order valence-electron chi connectivity index (χ2n) is 10.6. The van der Waals surface area contributed by atoms with E-state index in [2.05, 4.69) is 10.2 Å². The van der Waals surface area contributed by atoms with Gasteiger partial charge in [-0.15, -0.1) is 0 Å². The topological polar surface area (TPSA) is 113 Å². The smallest absolute Gasteiger partial charge is 0.326 e. The molecule has 0 unspecified atom stereocenters. The van der Waals surface area contributed by atoms with Crippen LogP contribution >= 0.6 is 11.8 Å². The summed E-state index contributed by atoms with van der Waals surface area (Å²) in [4.78, 5) is 27.7. The highest BCUT2D eigenvalue weighted by Crippen LogP contribution is 2.32. The van der Waals surface area contributed by atoms with Gasteiger partial charge < -0.3 is 15.2 Å². The van der Waals surface area contributed by atoms with Crippen LogP contribution in [0.4, 0.5) is 0 Å². The van der Waals surface area contributed by atoms with Gasteiger partial charge >= 0.3 is 5.97 Å². The summed E-state index contributed by atoms with van der Waals surface area (Å²) < 4.78 is 32.3. The standard InChI is InChI=1S/C32H38N2O6S2/c1-22-9-7-8-12-27(22)29-17-23(13-14-28(29)31(35)33-30(32(36)37)15-16-41-3)19-34-20-26(18-24(34)21-40-2)42(38,39)25-10-5-4-6-11-25/h4-14,17,24,26,30H,15-16,18-21H2,1-3H3,(H,33,35)(H,36,37)/t24-,26+,30+/m1/s1. The van der Waals surface area contributed by atoms with E-state index in [0.717, 1.165) is 16.7 Å². The molecule has 1 aliphatic heterocycles. The van der Waals surface area contributed by atoms with Gasteiger partial charge in [-0.2, -0.15) is 11.8 Å². The molecule has 0 spiro atoms. The van der Waals surface area contributed by atoms with Crippen LogP contribution in [0.1, 0.15) is 34.3 Å². The van der Waals surface area contributed by atoms with E-state index in [0.29, 0.717) is 54.3 Å². The van der Waals surface area contributed by atoms with Crippen molar-refractivity contribution in [2.24, 2.45) is 0 Å². The Morgan fingerprint density at radius 1 is 1.07 bits per heavy atom. The fraction of sp³-hybridized carbons (Fsp3) is 0.375. The molecule has 1 saturated heterocycles. The van der Waals surface area contributed by atoms with Crippen LogP contribution in [0.15, 0.2) is 77.7 Å². The lowest BCUT2D eigenvalue weighted by Gasteiger charge is -2.24. The fourth-order valence-electron chi connectivity index (χ4n) is 5.47. The van der Waals surface area contributed by atoms with Gasteiger partial charge in [-0.25, -0.2) is 13.2 Å². The monoisotopic (exact) mass is 610 g/mol. The van der Waals surface area contributed by atoms with E-state index in [1.54, 1.807) is 43.5 Å². The van der Waals surface area contributed by atoms with Gasteiger partial charge in [0.25, 0.3) is 5.91 Å². The van der Waals surface area contributed by atoms with Gasteiger partial charge in [0.2, 0.25) is 0 Å². The molecular formula is C32H38N2O6S2. The highest BCUT2D eigenvalue weighted by atomic mass is 32.2. The van der Waals surface area contributed by atoms with Gasteiger partial charge in [-0.3, -0.25) is 9.69 Å². The summed E-state index contributed by atoms with van der Waals surface area (Å²) in [6, 6.07) is 20.8. The number of sulfone groups is 1. The van der Waals surface area contributed by atoms with Crippen molar-refractivity contribution in [2.45, 2.75) is 48.5 Å². The Kier molecular flexibility index (Phi) is 10.8. The number of aryl methyl sites for hydroxylation is 1. The normalized spacial score (nSPS) is 18.1. The quantitative estimate of drug-likeness (QED) is 0.287. The third-order valence-corrected chi connectivity index (χ3v) is 10.5. The lowest BCUT2D eigenvalue weighted by atomic mass is 9.93. The molecule has 10 heteroatoms. The molecule has 0 saturated carbocycles. The predicted molar refractivity (Wildman–Crippen MR) is 167 cm³/mol. The number of carboxylic acids is 1. The van der Waals surface area contributed by atoms with E-state index in [-0.39, 0.29) is 6.04 Å². The van der Waals surface area contributed by atoms with E-state index < -0.39 is 33.0 Å². The van der Waals surface area contributed by atoms with Crippen LogP contribution in [-0.2, 0) is 25.9 Å². The second-order valence-corrected chi connectivity index (χ2v) is 13.8. The van der Waals surface area contributed by atoms with E-state index in [9.17, 15) is 23.1 Å². The zero-order valence-corrected chi connectivity index (χ0v) is 25.8. The number of carboxylic acid groups (broad SMARTS) is 1. The SMILES string of the molecule is COC[C@H]1C[C@H](S(=O)(=O)c2ccccc2)CN1Cc1ccc(C(=O)N[C@@H](CCSC)C(=O)O)c(-c2ccccc2C)c1. The van der Waals surface area contributed by atoms with Crippen molar-refractivity contribution in [2.75, 3.05) is 32.3 Å². The highest BCUT2D eigenvalue weighted by molar-refractivity contribution is 7.98. The Balaban J connectivity index is 1.64. The number of benzene rings is 3. The number of thioether (sulfide) groups is 1. The van der Waals surface area contributed by atoms with Crippen LogP contribution in [0.5, 0.6) is 0 Å². The van der Waals surface area contributed by atoms with Gasteiger partial charge in [0.1, 0.15) is 6.04 Å². The summed E-state index contributed by atoms with van der Waals surface area (Å²) in [5.41, 5.74) is 3.87. The fourth-order valence-corrected chi connectivity index (χ4v) is 7.73. The van der Waals surface area contributed by atoms with Crippen molar-refractivity contribution in [3.05, 3.63) is 89.5 Å². The van der Waals surface area contributed by atoms with Gasteiger partial charge in [-0.05, 0) is 78.3 Å². The largest absolute Gasteiger partial charge is 0.480 e. The summed E-state index contributed by atoms with van der Waals surface area (Å²) in [7, 11) is -1.90. The number of carbonyl (C=O) groups is 2.